The normalized spacial score (nSPS) is 19.2. The van der Waals surface area contributed by atoms with Crippen LogP contribution in [0.1, 0.15) is 40.0 Å². The maximum atomic E-state index is 13.8. The molecule has 0 saturated heterocycles. The Kier molecular flexibility index (Phi) is 4.91. The number of hydrogen-bond donors (Lipinski definition) is 2. The maximum absolute atomic E-state index is 13.8. The van der Waals surface area contributed by atoms with Crippen molar-refractivity contribution in [1.29, 1.82) is 0 Å². The van der Waals surface area contributed by atoms with Crippen molar-refractivity contribution in [3.8, 4) is 11.5 Å². The van der Waals surface area contributed by atoms with Gasteiger partial charge < -0.3 is 20.1 Å². The second-order valence-electron chi connectivity index (χ2n) is 7.62. The zero-order valence-electron chi connectivity index (χ0n) is 16.7. The predicted molar refractivity (Wildman–Crippen MR) is 108 cm³/mol. The summed E-state index contributed by atoms with van der Waals surface area (Å²) in [6.45, 7) is 0.313. The summed E-state index contributed by atoms with van der Waals surface area (Å²) in [7, 11) is 0. The Morgan fingerprint density at radius 1 is 1.16 bits per heavy atom. The van der Waals surface area contributed by atoms with Gasteiger partial charge in [0.15, 0.2) is 17.5 Å². The van der Waals surface area contributed by atoms with Crippen LogP contribution in [0.4, 0.5) is 19.0 Å². The Balaban J connectivity index is 1.39. The Morgan fingerprint density at radius 3 is 2.72 bits per heavy atom. The van der Waals surface area contributed by atoms with E-state index in [1.807, 2.05) is 0 Å². The number of ether oxygens (including phenoxy) is 2. The summed E-state index contributed by atoms with van der Waals surface area (Å²) in [5, 5.41) is 9.71. The molecule has 0 fully saturated rings. The number of carbonyl (C=O) groups is 1. The lowest BCUT2D eigenvalue weighted by molar-refractivity contribution is -0.173. The van der Waals surface area contributed by atoms with E-state index in [1.165, 1.54) is 6.20 Å². The minimum atomic E-state index is -4.50. The molecule has 3 aromatic rings. The third-order valence-corrected chi connectivity index (χ3v) is 5.58. The molecule has 0 spiro atoms. The summed E-state index contributed by atoms with van der Waals surface area (Å²) in [5.41, 5.74) is 1.54. The molecule has 7 nitrogen and oxygen atoms in total. The number of amides is 1. The van der Waals surface area contributed by atoms with E-state index in [0.717, 1.165) is 10.2 Å². The molecular weight excluding hydrogens is 425 g/mol. The minimum absolute atomic E-state index is 0.0515. The van der Waals surface area contributed by atoms with E-state index in [0.29, 0.717) is 17.1 Å². The van der Waals surface area contributed by atoms with Crippen LogP contribution >= 0.6 is 0 Å². The summed E-state index contributed by atoms with van der Waals surface area (Å²) in [6.07, 6.45) is -3.56. The van der Waals surface area contributed by atoms with Gasteiger partial charge >= 0.3 is 6.18 Å². The number of alkyl halides is 3. The summed E-state index contributed by atoms with van der Waals surface area (Å²) < 4.78 is 52.8. The van der Waals surface area contributed by atoms with Gasteiger partial charge in [-0.15, -0.1) is 0 Å². The van der Waals surface area contributed by atoms with Crippen LogP contribution in [0.15, 0.2) is 54.7 Å². The molecule has 1 amide bonds. The van der Waals surface area contributed by atoms with Crippen molar-refractivity contribution in [1.82, 2.24) is 15.1 Å². The zero-order valence-corrected chi connectivity index (χ0v) is 16.7. The van der Waals surface area contributed by atoms with E-state index in [1.54, 1.807) is 48.5 Å². The molecule has 2 aliphatic heterocycles. The van der Waals surface area contributed by atoms with Crippen LogP contribution in [-0.2, 0) is 6.54 Å². The molecule has 32 heavy (non-hydrogen) atoms. The van der Waals surface area contributed by atoms with E-state index >= 15 is 0 Å². The highest BCUT2D eigenvalue weighted by Crippen LogP contribution is 2.44. The molecule has 0 aliphatic carbocycles. The van der Waals surface area contributed by atoms with Gasteiger partial charge in [0.1, 0.15) is 11.4 Å². The fraction of sp³-hybridized carbons (Fsp3) is 0.273. The van der Waals surface area contributed by atoms with Crippen molar-refractivity contribution in [2.45, 2.75) is 31.2 Å². The topological polar surface area (TPSA) is 77.4 Å². The smallest absolute Gasteiger partial charge is 0.410 e. The molecule has 0 bridgehead atoms. The van der Waals surface area contributed by atoms with E-state index < -0.39 is 24.2 Å². The summed E-state index contributed by atoms with van der Waals surface area (Å²) in [6, 6.07) is 11.7. The highest BCUT2D eigenvalue weighted by Gasteiger charge is 2.47. The number of fused-ring (bicyclic) bond motifs is 2. The summed E-state index contributed by atoms with van der Waals surface area (Å²) in [4.78, 5) is 12.8. The van der Waals surface area contributed by atoms with Crippen LogP contribution in [-0.4, -0.2) is 28.7 Å². The molecule has 2 aliphatic rings. The summed E-state index contributed by atoms with van der Waals surface area (Å²) >= 11 is 0. The van der Waals surface area contributed by atoms with E-state index in [2.05, 4.69) is 15.7 Å². The first kappa shape index (κ1) is 20.2. The molecule has 10 heteroatoms. The lowest BCUT2D eigenvalue weighted by Crippen LogP contribution is -2.36. The fourth-order valence-electron chi connectivity index (χ4n) is 3.96. The van der Waals surface area contributed by atoms with Gasteiger partial charge in [-0.1, -0.05) is 36.4 Å². The Bertz CT molecular complexity index is 1150. The zero-order chi connectivity index (χ0) is 22.3. The van der Waals surface area contributed by atoms with Gasteiger partial charge in [-0.05, 0) is 23.3 Å². The SMILES string of the molecule is O=C(NCc1ccc2c(c1)OCO2)c1cnn2c1N[C@H](c1ccccc1)C[C@H]2C(F)(F)F. The Morgan fingerprint density at radius 2 is 1.94 bits per heavy atom. The lowest BCUT2D eigenvalue weighted by Gasteiger charge is -2.34. The average molecular weight is 444 g/mol. The minimum Gasteiger partial charge on any atom is -0.454 e. The number of carbonyl (C=O) groups excluding carboxylic acids is 1. The first-order valence-corrected chi connectivity index (χ1v) is 10.0. The van der Waals surface area contributed by atoms with Crippen molar-refractivity contribution in [2.75, 3.05) is 12.1 Å². The number of nitrogens with one attached hydrogen (secondary N) is 2. The molecule has 2 N–H and O–H groups in total. The molecular formula is C22H19F3N4O3. The quantitative estimate of drug-likeness (QED) is 0.631. The predicted octanol–water partition coefficient (Wildman–Crippen LogP) is 4.20. The first-order valence-electron chi connectivity index (χ1n) is 10.0. The second kappa shape index (κ2) is 7.77. The Labute approximate surface area is 181 Å². The number of halogens is 3. The maximum Gasteiger partial charge on any atom is 0.410 e. The average Bonchev–Trinajstić information content (AvgIpc) is 3.43. The molecule has 2 atom stereocenters. The van der Waals surface area contributed by atoms with Crippen LogP contribution in [0.2, 0.25) is 0 Å². The third-order valence-electron chi connectivity index (χ3n) is 5.58. The number of nitrogens with zero attached hydrogens (tertiary/aromatic N) is 2. The summed E-state index contributed by atoms with van der Waals surface area (Å²) in [5.74, 6) is 0.738. The molecule has 2 aromatic carbocycles. The van der Waals surface area contributed by atoms with Gasteiger partial charge in [0, 0.05) is 13.0 Å². The van der Waals surface area contributed by atoms with Gasteiger partial charge in [0.2, 0.25) is 6.79 Å². The third kappa shape index (κ3) is 3.72. The number of anilines is 1. The van der Waals surface area contributed by atoms with E-state index in [4.69, 9.17) is 9.47 Å². The van der Waals surface area contributed by atoms with Crippen molar-refractivity contribution in [2.24, 2.45) is 0 Å². The highest BCUT2D eigenvalue weighted by atomic mass is 19.4. The number of rotatable bonds is 4. The van der Waals surface area contributed by atoms with E-state index in [9.17, 15) is 18.0 Å². The van der Waals surface area contributed by atoms with Crippen molar-refractivity contribution < 1.29 is 27.4 Å². The highest BCUT2D eigenvalue weighted by molar-refractivity contribution is 5.98. The first-order chi connectivity index (χ1) is 15.4. The molecule has 3 heterocycles. The number of aromatic nitrogens is 2. The van der Waals surface area contributed by atoms with Gasteiger partial charge in [-0.25, -0.2) is 4.68 Å². The van der Waals surface area contributed by atoms with Crippen molar-refractivity contribution in [3.05, 3.63) is 71.4 Å². The second-order valence-corrected chi connectivity index (χ2v) is 7.62. The van der Waals surface area contributed by atoms with E-state index in [-0.39, 0.29) is 31.1 Å². The Hall–Kier alpha value is -3.69. The molecule has 1 aromatic heterocycles. The molecule has 5 rings (SSSR count). The van der Waals surface area contributed by atoms with Crippen LogP contribution in [0, 0.1) is 0 Å². The standard InChI is InChI=1S/C22H19F3N4O3/c23-22(24,25)19-9-16(14-4-2-1-3-5-14)28-20-15(11-27-29(19)20)21(30)26-10-13-6-7-17-18(8-13)32-12-31-17/h1-8,11,16,19,28H,9-10,12H2,(H,26,30)/t16-,19-/m0/s1. The lowest BCUT2D eigenvalue weighted by atomic mass is 9.96. The van der Waals surface area contributed by atoms with Gasteiger partial charge in [0.05, 0.1) is 12.2 Å². The monoisotopic (exact) mass is 444 g/mol. The van der Waals surface area contributed by atoms with Crippen LogP contribution in [0.3, 0.4) is 0 Å². The van der Waals surface area contributed by atoms with Crippen LogP contribution < -0.4 is 20.1 Å². The van der Waals surface area contributed by atoms with Crippen LogP contribution in [0.25, 0.3) is 0 Å². The number of hydrogen-bond acceptors (Lipinski definition) is 5. The van der Waals surface area contributed by atoms with Crippen molar-refractivity contribution in [3.63, 3.8) is 0 Å². The van der Waals surface area contributed by atoms with Gasteiger partial charge in [0.25, 0.3) is 5.91 Å². The fourth-order valence-corrected chi connectivity index (χ4v) is 3.96. The van der Waals surface area contributed by atoms with Gasteiger partial charge in [-0.2, -0.15) is 18.3 Å². The molecule has 0 radical (unpaired) electrons. The molecule has 0 saturated carbocycles. The largest absolute Gasteiger partial charge is 0.454 e. The molecule has 166 valence electrons. The van der Waals surface area contributed by atoms with Crippen LogP contribution in [0.5, 0.6) is 11.5 Å². The van der Waals surface area contributed by atoms with Crippen molar-refractivity contribution >= 4 is 11.7 Å². The molecule has 0 unspecified atom stereocenters. The van der Waals surface area contributed by atoms with Gasteiger partial charge in [-0.3, -0.25) is 4.79 Å². The number of benzene rings is 2.